The van der Waals surface area contributed by atoms with Crippen LogP contribution in [0, 0.1) is 13.8 Å². The van der Waals surface area contributed by atoms with Gasteiger partial charge < -0.3 is 5.11 Å². The smallest absolute Gasteiger partial charge is 0.217 e. The van der Waals surface area contributed by atoms with Crippen molar-refractivity contribution in [2.24, 2.45) is 0 Å². The SMILES string of the molecule is CCCCn1nc(C)c(-c2ccc(C)cc2)c1O. The average molecular weight is 244 g/mol. The number of nitrogens with zero attached hydrogens (tertiary/aromatic N) is 2. The van der Waals surface area contributed by atoms with Crippen molar-refractivity contribution >= 4 is 0 Å². The molecule has 1 N–H and O–H groups in total. The number of rotatable bonds is 4. The van der Waals surface area contributed by atoms with Gasteiger partial charge in [0.05, 0.1) is 11.3 Å². The Morgan fingerprint density at radius 3 is 2.44 bits per heavy atom. The normalized spacial score (nSPS) is 10.8. The summed E-state index contributed by atoms with van der Waals surface area (Å²) in [5.74, 6) is 0.282. The number of hydrogen-bond acceptors (Lipinski definition) is 2. The Morgan fingerprint density at radius 2 is 1.83 bits per heavy atom. The quantitative estimate of drug-likeness (QED) is 0.891. The van der Waals surface area contributed by atoms with E-state index in [0.29, 0.717) is 0 Å². The predicted molar refractivity (Wildman–Crippen MR) is 73.7 cm³/mol. The Labute approximate surface area is 108 Å². The van der Waals surface area contributed by atoms with Crippen LogP contribution in [0.3, 0.4) is 0 Å². The molecule has 0 fully saturated rings. The maximum absolute atomic E-state index is 10.3. The van der Waals surface area contributed by atoms with Crippen molar-refractivity contribution in [2.45, 2.75) is 40.2 Å². The van der Waals surface area contributed by atoms with Crippen LogP contribution in [0.1, 0.15) is 31.0 Å². The minimum absolute atomic E-state index is 0.282. The number of benzene rings is 1. The van der Waals surface area contributed by atoms with Crippen molar-refractivity contribution < 1.29 is 5.11 Å². The fourth-order valence-corrected chi connectivity index (χ4v) is 2.09. The van der Waals surface area contributed by atoms with Crippen LogP contribution in [-0.2, 0) is 6.54 Å². The Balaban J connectivity index is 2.38. The van der Waals surface area contributed by atoms with Gasteiger partial charge in [-0.15, -0.1) is 0 Å². The maximum Gasteiger partial charge on any atom is 0.217 e. The van der Waals surface area contributed by atoms with Crippen LogP contribution in [0.2, 0.25) is 0 Å². The van der Waals surface area contributed by atoms with Crippen LogP contribution in [-0.4, -0.2) is 14.9 Å². The second-order valence-corrected chi connectivity index (χ2v) is 4.73. The summed E-state index contributed by atoms with van der Waals surface area (Å²) in [5, 5.41) is 14.7. The number of aryl methyl sites for hydroxylation is 3. The lowest BCUT2D eigenvalue weighted by Crippen LogP contribution is -1.99. The summed E-state index contributed by atoms with van der Waals surface area (Å²) in [4.78, 5) is 0. The lowest BCUT2D eigenvalue weighted by atomic mass is 10.0. The van der Waals surface area contributed by atoms with E-state index in [-0.39, 0.29) is 5.88 Å². The molecule has 3 nitrogen and oxygen atoms in total. The molecule has 1 aromatic carbocycles. The lowest BCUT2D eigenvalue weighted by molar-refractivity contribution is 0.394. The number of aromatic hydroxyl groups is 1. The molecule has 0 bridgehead atoms. The van der Waals surface area contributed by atoms with E-state index in [1.54, 1.807) is 4.68 Å². The van der Waals surface area contributed by atoms with Gasteiger partial charge in [0, 0.05) is 6.54 Å². The van der Waals surface area contributed by atoms with Gasteiger partial charge in [-0.3, -0.25) is 0 Å². The zero-order valence-corrected chi connectivity index (χ0v) is 11.3. The highest BCUT2D eigenvalue weighted by Crippen LogP contribution is 2.32. The van der Waals surface area contributed by atoms with Gasteiger partial charge in [-0.2, -0.15) is 5.10 Å². The summed E-state index contributed by atoms with van der Waals surface area (Å²) in [7, 11) is 0. The van der Waals surface area contributed by atoms with Crippen molar-refractivity contribution in [3.05, 3.63) is 35.5 Å². The van der Waals surface area contributed by atoms with E-state index >= 15 is 0 Å². The highest BCUT2D eigenvalue weighted by atomic mass is 16.3. The minimum atomic E-state index is 0.282. The third kappa shape index (κ3) is 2.40. The van der Waals surface area contributed by atoms with Gasteiger partial charge in [-0.05, 0) is 25.8 Å². The predicted octanol–water partition coefficient (Wildman–Crippen LogP) is 3.67. The van der Waals surface area contributed by atoms with Gasteiger partial charge in [0.1, 0.15) is 0 Å². The molecule has 0 amide bonds. The molecular formula is C15H20N2O. The third-order valence-corrected chi connectivity index (χ3v) is 3.16. The Morgan fingerprint density at radius 1 is 1.17 bits per heavy atom. The molecule has 0 aliphatic carbocycles. The zero-order valence-electron chi connectivity index (χ0n) is 11.3. The van der Waals surface area contributed by atoms with E-state index in [1.165, 1.54) is 5.56 Å². The zero-order chi connectivity index (χ0) is 13.1. The standard InChI is InChI=1S/C15H20N2O/c1-4-5-10-17-15(18)14(12(3)16-17)13-8-6-11(2)7-9-13/h6-9,18H,4-5,10H2,1-3H3. The maximum atomic E-state index is 10.3. The fourth-order valence-electron chi connectivity index (χ4n) is 2.09. The average Bonchev–Trinajstić information content (AvgIpc) is 2.63. The molecule has 0 aliphatic heterocycles. The molecule has 1 aromatic heterocycles. The Hall–Kier alpha value is -1.77. The van der Waals surface area contributed by atoms with Crippen LogP contribution in [0.5, 0.6) is 5.88 Å². The molecule has 0 saturated heterocycles. The number of hydrogen-bond donors (Lipinski definition) is 1. The van der Waals surface area contributed by atoms with Gasteiger partial charge in [0.2, 0.25) is 5.88 Å². The van der Waals surface area contributed by atoms with Gasteiger partial charge in [-0.1, -0.05) is 43.2 Å². The highest BCUT2D eigenvalue weighted by molar-refractivity contribution is 5.71. The van der Waals surface area contributed by atoms with Crippen LogP contribution >= 0.6 is 0 Å². The van der Waals surface area contributed by atoms with E-state index in [9.17, 15) is 5.11 Å². The summed E-state index contributed by atoms with van der Waals surface area (Å²) in [6, 6.07) is 8.17. The van der Waals surface area contributed by atoms with Crippen molar-refractivity contribution in [3.63, 3.8) is 0 Å². The van der Waals surface area contributed by atoms with E-state index in [2.05, 4.69) is 31.1 Å². The molecule has 0 aliphatic rings. The van der Waals surface area contributed by atoms with E-state index < -0.39 is 0 Å². The summed E-state index contributed by atoms with van der Waals surface area (Å²) in [5.41, 5.74) is 3.98. The van der Waals surface area contributed by atoms with E-state index in [1.807, 2.05) is 19.1 Å². The molecule has 0 saturated carbocycles. The molecule has 0 unspecified atom stereocenters. The van der Waals surface area contributed by atoms with Gasteiger partial charge in [0.25, 0.3) is 0 Å². The lowest BCUT2D eigenvalue weighted by Gasteiger charge is -2.03. The van der Waals surface area contributed by atoms with Crippen molar-refractivity contribution in [1.29, 1.82) is 0 Å². The molecule has 2 aromatic rings. The molecule has 0 radical (unpaired) electrons. The fraction of sp³-hybridized carbons (Fsp3) is 0.400. The first-order valence-electron chi connectivity index (χ1n) is 6.47. The van der Waals surface area contributed by atoms with Gasteiger partial charge >= 0.3 is 0 Å². The van der Waals surface area contributed by atoms with Crippen molar-refractivity contribution in [1.82, 2.24) is 9.78 Å². The van der Waals surface area contributed by atoms with E-state index in [0.717, 1.165) is 36.2 Å². The highest BCUT2D eigenvalue weighted by Gasteiger charge is 2.15. The number of aromatic nitrogens is 2. The minimum Gasteiger partial charge on any atom is -0.493 e. The summed E-state index contributed by atoms with van der Waals surface area (Å²) < 4.78 is 1.70. The first-order chi connectivity index (χ1) is 8.63. The molecule has 96 valence electrons. The topological polar surface area (TPSA) is 38.0 Å². The monoisotopic (exact) mass is 244 g/mol. The van der Waals surface area contributed by atoms with Crippen molar-refractivity contribution in [2.75, 3.05) is 0 Å². The van der Waals surface area contributed by atoms with Crippen LogP contribution in [0.4, 0.5) is 0 Å². The first kappa shape index (κ1) is 12.7. The molecule has 0 spiro atoms. The van der Waals surface area contributed by atoms with Gasteiger partial charge in [0.15, 0.2) is 0 Å². The van der Waals surface area contributed by atoms with Crippen LogP contribution < -0.4 is 0 Å². The summed E-state index contributed by atoms with van der Waals surface area (Å²) in [6.07, 6.45) is 2.13. The Kier molecular flexibility index (Phi) is 3.70. The summed E-state index contributed by atoms with van der Waals surface area (Å²) in [6.45, 7) is 6.90. The molecule has 2 rings (SSSR count). The second-order valence-electron chi connectivity index (χ2n) is 4.73. The van der Waals surface area contributed by atoms with E-state index in [4.69, 9.17) is 0 Å². The largest absolute Gasteiger partial charge is 0.493 e. The second kappa shape index (κ2) is 5.25. The molecule has 18 heavy (non-hydrogen) atoms. The van der Waals surface area contributed by atoms with Crippen LogP contribution in [0.25, 0.3) is 11.1 Å². The van der Waals surface area contributed by atoms with Crippen molar-refractivity contribution in [3.8, 4) is 17.0 Å². The molecular weight excluding hydrogens is 224 g/mol. The third-order valence-electron chi connectivity index (χ3n) is 3.16. The number of unbranched alkanes of at least 4 members (excludes halogenated alkanes) is 1. The first-order valence-corrected chi connectivity index (χ1v) is 6.47. The molecule has 1 heterocycles. The summed E-state index contributed by atoms with van der Waals surface area (Å²) >= 11 is 0. The Bertz CT molecular complexity index is 526. The molecule has 0 atom stereocenters. The molecule has 3 heteroatoms. The van der Waals surface area contributed by atoms with Crippen LogP contribution in [0.15, 0.2) is 24.3 Å². The van der Waals surface area contributed by atoms with Gasteiger partial charge in [-0.25, -0.2) is 4.68 Å².